The summed E-state index contributed by atoms with van der Waals surface area (Å²) in [5, 5.41) is 20.7. The van der Waals surface area contributed by atoms with Crippen LogP contribution in [0.5, 0.6) is 0 Å². The monoisotopic (exact) mass is 207 g/mol. The zero-order valence-electron chi connectivity index (χ0n) is 8.14. The highest BCUT2D eigenvalue weighted by Crippen LogP contribution is 2.12. The Morgan fingerprint density at radius 2 is 2.20 bits per heavy atom. The quantitative estimate of drug-likeness (QED) is 0.582. The van der Waals surface area contributed by atoms with E-state index in [-0.39, 0.29) is 13.2 Å². The van der Waals surface area contributed by atoms with Gasteiger partial charge in [0.25, 0.3) is 0 Å². The molecule has 0 bridgehead atoms. The molecule has 1 unspecified atom stereocenters. The average molecular weight is 207 g/mol. The Hall–Kier alpha value is -1.59. The summed E-state index contributed by atoms with van der Waals surface area (Å²) in [4.78, 5) is 7.32. The number of anilines is 1. The van der Waals surface area contributed by atoms with Crippen molar-refractivity contribution in [3.63, 3.8) is 0 Å². The van der Waals surface area contributed by atoms with E-state index in [1.165, 1.54) is 0 Å². The van der Waals surface area contributed by atoms with E-state index in [4.69, 9.17) is 10.2 Å². The highest BCUT2D eigenvalue weighted by atomic mass is 16.3. The van der Waals surface area contributed by atoms with Gasteiger partial charge in [-0.1, -0.05) is 12.1 Å². The van der Waals surface area contributed by atoms with Crippen molar-refractivity contribution >= 4 is 17.0 Å². The van der Waals surface area contributed by atoms with Gasteiger partial charge in [0.15, 0.2) is 0 Å². The Morgan fingerprint density at radius 3 is 2.93 bits per heavy atom. The van der Waals surface area contributed by atoms with Crippen LogP contribution >= 0.6 is 0 Å². The molecule has 5 nitrogen and oxygen atoms in total. The number of rotatable bonds is 4. The predicted molar refractivity (Wildman–Crippen MR) is 57.7 cm³/mol. The molecule has 0 saturated heterocycles. The molecule has 2 rings (SSSR count). The van der Waals surface area contributed by atoms with Crippen molar-refractivity contribution in [3.8, 4) is 0 Å². The van der Waals surface area contributed by atoms with Gasteiger partial charge in [-0.3, -0.25) is 0 Å². The van der Waals surface area contributed by atoms with Crippen LogP contribution in [0.3, 0.4) is 0 Å². The van der Waals surface area contributed by atoms with E-state index in [0.717, 1.165) is 11.0 Å². The van der Waals surface area contributed by atoms with Gasteiger partial charge < -0.3 is 20.5 Å². The SMILES string of the molecule is OCC(O)CNc1nc2ccccc2[nH]1. The minimum atomic E-state index is -0.766. The fourth-order valence-corrected chi connectivity index (χ4v) is 1.32. The Labute approximate surface area is 86.8 Å². The lowest BCUT2D eigenvalue weighted by Crippen LogP contribution is -2.23. The van der Waals surface area contributed by atoms with E-state index in [1.54, 1.807) is 0 Å². The zero-order chi connectivity index (χ0) is 10.7. The van der Waals surface area contributed by atoms with Gasteiger partial charge in [0.05, 0.1) is 23.7 Å². The van der Waals surface area contributed by atoms with Crippen LogP contribution in [0, 0.1) is 0 Å². The van der Waals surface area contributed by atoms with Crippen LogP contribution in [-0.2, 0) is 0 Å². The maximum atomic E-state index is 9.14. The number of imidazole rings is 1. The lowest BCUT2D eigenvalue weighted by Gasteiger charge is -2.06. The Bertz CT molecular complexity index is 408. The van der Waals surface area contributed by atoms with E-state index >= 15 is 0 Å². The first-order valence-corrected chi connectivity index (χ1v) is 4.77. The van der Waals surface area contributed by atoms with E-state index in [2.05, 4.69) is 15.3 Å². The summed E-state index contributed by atoms with van der Waals surface area (Å²) in [7, 11) is 0. The fourth-order valence-electron chi connectivity index (χ4n) is 1.32. The Morgan fingerprint density at radius 1 is 1.40 bits per heavy atom. The third kappa shape index (κ3) is 2.26. The molecular formula is C10H13N3O2. The van der Waals surface area contributed by atoms with Gasteiger partial charge in [0, 0.05) is 6.54 Å². The first-order chi connectivity index (χ1) is 7.29. The lowest BCUT2D eigenvalue weighted by molar-refractivity contribution is 0.105. The third-order valence-electron chi connectivity index (χ3n) is 2.11. The van der Waals surface area contributed by atoms with Gasteiger partial charge in [0.2, 0.25) is 5.95 Å². The number of nitrogens with one attached hydrogen (secondary N) is 2. The summed E-state index contributed by atoms with van der Waals surface area (Å²) in [6.45, 7) is 0.0174. The summed E-state index contributed by atoms with van der Waals surface area (Å²) in [6.07, 6.45) is -0.766. The smallest absolute Gasteiger partial charge is 0.201 e. The van der Waals surface area contributed by atoms with Gasteiger partial charge in [-0.2, -0.15) is 0 Å². The molecule has 4 N–H and O–H groups in total. The molecule has 1 atom stereocenters. The van der Waals surface area contributed by atoms with Gasteiger partial charge in [-0.15, -0.1) is 0 Å². The zero-order valence-corrected chi connectivity index (χ0v) is 8.14. The van der Waals surface area contributed by atoms with E-state index in [0.29, 0.717) is 5.95 Å². The number of aliphatic hydroxyl groups excluding tert-OH is 2. The average Bonchev–Trinajstić information content (AvgIpc) is 2.68. The normalized spacial score (nSPS) is 12.9. The number of aliphatic hydroxyl groups is 2. The molecule has 0 amide bonds. The van der Waals surface area contributed by atoms with Crippen LogP contribution in [0.2, 0.25) is 0 Å². The second-order valence-electron chi connectivity index (χ2n) is 3.32. The van der Waals surface area contributed by atoms with Crippen molar-refractivity contribution in [2.24, 2.45) is 0 Å². The molecule has 15 heavy (non-hydrogen) atoms. The van der Waals surface area contributed by atoms with Crippen LogP contribution < -0.4 is 5.32 Å². The molecule has 80 valence electrons. The van der Waals surface area contributed by atoms with Crippen LogP contribution in [-0.4, -0.2) is 39.4 Å². The first kappa shape index (κ1) is 9.95. The molecule has 2 aromatic rings. The highest BCUT2D eigenvalue weighted by molar-refractivity contribution is 5.77. The summed E-state index contributed by atoms with van der Waals surface area (Å²) >= 11 is 0. The molecule has 0 aliphatic rings. The number of H-pyrrole nitrogens is 1. The van der Waals surface area contributed by atoms with Crippen molar-refractivity contribution in [1.29, 1.82) is 0 Å². The molecule has 0 aliphatic carbocycles. The molecule has 5 heteroatoms. The Balaban J connectivity index is 2.09. The lowest BCUT2D eigenvalue weighted by atomic mass is 10.3. The number of benzene rings is 1. The maximum absolute atomic E-state index is 9.14. The van der Waals surface area contributed by atoms with E-state index < -0.39 is 6.10 Å². The topological polar surface area (TPSA) is 81.2 Å². The summed E-state index contributed by atoms with van der Waals surface area (Å²) in [5.41, 5.74) is 1.82. The molecule has 0 aliphatic heterocycles. The number of nitrogens with zero attached hydrogens (tertiary/aromatic N) is 1. The number of hydrogen-bond acceptors (Lipinski definition) is 4. The highest BCUT2D eigenvalue weighted by Gasteiger charge is 2.04. The number of aromatic amines is 1. The largest absolute Gasteiger partial charge is 0.394 e. The van der Waals surface area contributed by atoms with Crippen LogP contribution in [0.25, 0.3) is 11.0 Å². The van der Waals surface area contributed by atoms with Gasteiger partial charge in [0.1, 0.15) is 0 Å². The molecule has 0 spiro atoms. The van der Waals surface area contributed by atoms with Gasteiger partial charge in [-0.05, 0) is 12.1 Å². The predicted octanol–water partition coefficient (Wildman–Crippen LogP) is 0.328. The van der Waals surface area contributed by atoms with Crippen LogP contribution in [0.1, 0.15) is 0 Å². The molecule has 0 radical (unpaired) electrons. The third-order valence-corrected chi connectivity index (χ3v) is 2.11. The minimum absolute atomic E-state index is 0.257. The fraction of sp³-hybridized carbons (Fsp3) is 0.300. The standard InChI is InChI=1S/C10H13N3O2/c14-6-7(15)5-11-10-12-8-3-1-2-4-9(8)13-10/h1-4,7,14-15H,5-6H2,(H2,11,12,13). The number of aromatic nitrogens is 2. The summed E-state index contributed by atoms with van der Waals surface area (Å²) < 4.78 is 0. The van der Waals surface area contributed by atoms with E-state index in [9.17, 15) is 0 Å². The summed E-state index contributed by atoms with van der Waals surface area (Å²) in [6, 6.07) is 7.66. The Kier molecular flexibility index (Phi) is 2.84. The van der Waals surface area contributed by atoms with Crippen molar-refractivity contribution in [2.75, 3.05) is 18.5 Å². The maximum Gasteiger partial charge on any atom is 0.201 e. The molecule has 1 aromatic heterocycles. The van der Waals surface area contributed by atoms with Gasteiger partial charge in [-0.25, -0.2) is 4.98 Å². The molecule has 1 heterocycles. The summed E-state index contributed by atoms with van der Waals surface area (Å²) in [5.74, 6) is 0.601. The number of fused-ring (bicyclic) bond motifs is 1. The molecule has 1 aromatic carbocycles. The molecular weight excluding hydrogens is 194 g/mol. The van der Waals surface area contributed by atoms with E-state index in [1.807, 2.05) is 24.3 Å². The van der Waals surface area contributed by atoms with Crippen LogP contribution in [0.4, 0.5) is 5.95 Å². The van der Waals surface area contributed by atoms with Crippen molar-refractivity contribution in [1.82, 2.24) is 9.97 Å². The molecule has 0 saturated carbocycles. The van der Waals surface area contributed by atoms with Crippen molar-refractivity contribution in [3.05, 3.63) is 24.3 Å². The van der Waals surface area contributed by atoms with Crippen LogP contribution in [0.15, 0.2) is 24.3 Å². The van der Waals surface area contributed by atoms with Gasteiger partial charge >= 0.3 is 0 Å². The van der Waals surface area contributed by atoms with Crippen molar-refractivity contribution < 1.29 is 10.2 Å². The second-order valence-corrected chi connectivity index (χ2v) is 3.32. The minimum Gasteiger partial charge on any atom is -0.394 e. The van der Waals surface area contributed by atoms with Crippen molar-refractivity contribution in [2.45, 2.75) is 6.10 Å². The molecule has 0 fully saturated rings. The first-order valence-electron chi connectivity index (χ1n) is 4.77. The number of hydrogen-bond donors (Lipinski definition) is 4. The second kappa shape index (κ2) is 4.29. The number of para-hydroxylation sites is 2.